The average Bonchev–Trinajstić information content (AvgIpc) is 2.14. The van der Waals surface area contributed by atoms with Crippen molar-refractivity contribution in [2.75, 3.05) is 9.86 Å². The number of hydrogen-bond donors (Lipinski definition) is 0. The minimum absolute atomic E-state index is 0.639. The summed E-state index contributed by atoms with van der Waals surface area (Å²) < 4.78 is 1.65. The first-order chi connectivity index (χ1) is 4.20. The van der Waals surface area contributed by atoms with Gasteiger partial charge in [0, 0.05) is 0 Å². The summed E-state index contributed by atoms with van der Waals surface area (Å²) in [6.07, 6.45) is 6.98. The van der Waals surface area contributed by atoms with Gasteiger partial charge >= 0.3 is 64.3 Å². The molecule has 0 heterocycles. The van der Waals surface area contributed by atoms with Gasteiger partial charge in [0.25, 0.3) is 0 Å². The molecule has 1 atom stereocenters. The van der Waals surface area contributed by atoms with E-state index >= 15 is 0 Å². The molecule has 0 aromatic carbocycles. The second-order valence-corrected chi connectivity index (χ2v) is 8.09. The molecule has 1 unspecified atom stereocenters. The standard InChI is InChI=1S/C8H13I/c1-7-4-5-8(6-7)9(2)3/h4-7H,1-3H3. The molecule has 1 rings (SSSR count). The van der Waals surface area contributed by atoms with Crippen LogP contribution in [0, 0.1) is 5.92 Å². The quantitative estimate of drug-likeness (QED) is 0.485. The maximum absolute atomic E-state index is 2.39. The number of allylic oxidation sites excluding steroid dienone is 4. The van der Waals surface area contributed by atoms with Crippen LogP contribution < -0.4 is 0 Å². The average molecular weight is 236 g/mol. The summed E-state index contributed by atoms with van der Waals surface area (Å²) in [5.74, 6) is 0.708. The molecular formula is C8H13I. The molecule has 0 nitrogen and oxygen atoms in total. The van der Waals surface area contributed by atoms with Crippen LogP contribution >= 0.6 is 19.8 Å². The van der Waals surface area contributed by atoms with Crippen LogP contribution in [0.3, 0.4) is 0 Å². The predicted molar refractivity (Wildman–Crippen MR) is 52.3 cm³/mol. The Morgan fingerprint density at radius 1 is 1.44 bits per heavy atom. The number of hydrogen-bond acceptors (Lipinski definition) is 0. The van der Waals surface area contributed by atoms with Gasteiger partial charge in [-0.25, -0.2) is 0 Å². The zero-order valence-corrected chi connectivity index (χ0v) is 8.34. The fourth-order valence-corrected chi connectivity index (χ4v) is 3.07. The normalized spacial score (nSPS) is 26.3. The summed E-state index contributed by atoms with van der Waals surface area (Å²) in [5, 5.41) is 0. The molecule has 1 heteroatoms. The van der Waals surface area contributed by atoms with Gasteiger partial charge in [0.15, 0.2) is 0 Å². The van der Waals surface area contributed by atoms with Crippen LogP contribution in [0.25, 0.3) is 0 Å². The topological polar surface area (TPSA) is 0 Å². The number of alkyl halides is 2. The van der Waals surface area contributed by atoms with E-state index in [2.05, 4.69) is 35.0 Å². The third-order valence-corrected chi connectivity index (χ3v) is 4.63. The Balaban J connectivity index is 2.64. The maximum atomic E-state index is 2.39. The van der Waals surface area contributed by atoms with E-state index in [4.69, 9.17) is 0 Å². The molecule has 0 N–H and O–H groups in total. The van der Waals surface area contributed by atoms with Crippen LogP contribution in [0.15, 0.2) is 21.8 Å². The zero-order valence-electron chi connectivity index (χ0n) is 6.19. The fourth-order valence-electron chi connectivity index (χ4n) is 0.858. The first-order valence-electron chi connectivity index (χ1n) is 3.10. The molecule has 0 aliphatic heterocycles. The van der Waals surface area contributed by atoms with E-state index in [1.54, 1.807) is 3.58 Å². The molecule has 0 saturated heterocycles. The third-order valence-electron chi connectivity index (χ3n) is 1.42. The zero-order chi connectivity index (χ0) is 6.85. The van der Waals surface area contributed by atoms with Crippen molar-refractivity contribution >= 4 is 19.8 Å². The number of rotatable bonds is 1. The van der Waals surface area contributed by atoms with Crippen molar-refractivity contribution in [3.8, 4) is 0 Å². The molecule has 0 aromatic rings. The van der Waals surface area contributed by atoms with Crippen molar-refractivity contribution in [2.24, 2.45) is 5.92 Å². The Kier molecular flexibility index (Phi) is 2.33. The first-order valence-corrected chi connectivity index (χ1v) is 8.49. The second-order valence-electron chi connectivity index (χ2n) is 2.53. The van der Waals surface area contributed by atoms with Crippen molar-refractivity contribution < 1.29 is 0 Å². The van der Waals surface area contributed by atoms with Gasteiger partial charge in [-0.15, -0.1) is 0 Å². The molecule has 0 amide bonds. The Morgan fingerprint density at radius 3 is 2.33 bits per heavy atom. The van der Waals surface area contributed by atoms with Crippen molar-refractivity contribution in [2.45, 2.75) is 6.92 Å². The molecule has 9 heavy (non-hydrogen) atoms. The summed E-state index contributed by atoms with van der Waals surface area (Å²) in [5.41, 5.74) is 0. The molecule has 1 aliphatic carbocycles. The summed E-state index contributed by atoms with van der Waals surface area (Å²) >= 11 is -0.639. The second kappa shape index (κ2) is 2.86. The number of halogens is 1. The van der Waals surface area contributed by atoms with Gasteiger partial charge in [-0.1, -0.05) is 0 Å². The molecular weight excluding hydrogens is 223 g/mol. The van der Waals surface area contributed by atoms with Crippen LogP contribution in [0.4, 0.5) is 0 Å². The van der Waals surface area contributed by atoms with E-state index in [1.807, 2.05) is 0 Å². The molecule has 0 spiro atoms. The Bertz CT molecular complexity index is 154. The van der Waals surface area contributed by atoms with E-state index in [1.165, 1.54) is 0 Å². The van der Waals surface area contributed by atoms with Gasteiger partial charge in [-0.05, 0) is 0 Å². The molecule has 52 valence electrons. The molecule has 0 aromatic heterocycles. The monoisotopic (exact) mass is 236 g/mol. The van der Waals surface area contributed by atoms with Crippen LogP contribution in [0.5, 0.6) is 0 Å². The van der Waals surface area contributed by atoms with E-state index < -0.39 is 19.8 Å². The fraction of sp³-hybridized carbons (Fsp3) is 0.500. The third kappa shape index (κ3) is 1.81. The van der Waals surface area contributed by atoms with Gasteiger partial charge in [0.05, 0.1) is 0 Å². The Morgan fingerprint density at radius 2 is 2.11 bits per heavy atom. The summed E-state index contributed by atoms with van der Waals surface area (Å²) in [4.78, 5) is 4.77. The van der Waals surface area contributed by atoms with Crippen LogP contribution in [0.1, 0.15) is 6.92 Å². The van der Waals surface area contributed by atoms with E-state index in [0.717, 1.165) is 0 Å². The van der Waals surface area contributed by atoms with Gasteiger partial charge < -0.3 is 0 Å². The van der Waals surface area contributed by atoms with Crippen LogP contribution in [0.2, 0.25) is 0 Å². The molecule has 0 bridgehead atoms. The van der Waals surface area contributed by atoms with Gasteiger partial charge in [-0.3, -0.25) is 0 Å². The molecule has 0 saturated carbocycles. The summed E-state index contributed by atoms with van der Waals surface area (Å²) in [6.45, 7) is 2.24. The van der Waals surface area contributed by atoms with Crippen LogP contribution in [-0.4, -0.2) is 9.86 Å². The SMILES string of the molecule is CC1C=CC(I(C)C)=C1. The molecule has 1 aliphatic rings. The predicted octanol–water partition coefficient (Wildman–Crippen LogP) is 2.84. The van der Waals surface area contributed by atoms with Crippen LogP contribution in [-0.2, 0) is 0 Å². The van der Waals surface area contributed by atoms with Crippen molar-refractivity contribution in [3.05, 3.63) is 21.8 Å². The van der Waals surface area contributed by atoms with Crippen molar-refractivity contribution in [1.29, 1.82) is 0 Å². The van der Waals surface area contributed by atoms with E-state index in [0.29, 0.717) is 5.92 Å². The first kappa shape index (κ1) is 7.32. The Hall–Kier alpha value is 0.210. The van der Waals surface area contributed by atoms with Gasteiger partial charge in [-0.2, -0.15) is 0 Å². The Labute approximate surface area is 64.4 Å². The summed E-state index contributed by atoms with van der Waals surface area (Å²) in [7, 11) is 0. The van der Waals surface area contributed by atoms with Gasteiger partial charge in [0.2, 0.25) is 0 Å². The van der Waals surface area contributed by atoms with E-state index in [-0.39, 0.29) is 0 Å². The minimum atomic E-state index is -0.639. The van der Waals surface area contributed by atoms with E-state index in [9.17, 15) is 0 Å². The molecule has 0 radical (unpaired) electrons. The summed E-state index contributed by atoms with van der Waals surface area (Å²) in [6, 6.07) is 0. The van der Waals surface area contributed by atoms with Crippen molar-refractivity contribution in [3.63, 3.8) is 0 Å². The van der Waals surface area contributed by atoms with Crippen molar-refractivity contribution in [1.82, 2.24) is 0 Å². The van der Waals surface area contributed by atoms with Gasteiger partial charge in [0.1, 0.15) is 0 Å². The molecule has 0 fully saturated rings.